The third-order valence-corrected chi connectivity index (χ3v) is 6.03. The second-order valence-corrected chi connectivity index (χ2v) is 7.53. The Labute approximate surface area is 108 Å². The van der Waals surface area contributed by atoms with Gasteiger partial charge in [-0.05, 0) is 23.8 Å². The molecule has 3 unspecified atom stereocenters. The molecule has 2 rings (SSSR count). The summed E-state index contributed by atoms with van der Waals surface area (Å²) in [6.07, 6.45) is 0.750. The third kappa shape index (κ3) is 3.02. The fourth-order valence-corrected chi connectivity index (χ4v) is 4.72. The molecule has 2 nitrogen and oxygen atoms in total. The minimum atomic E-state index is -2.81. The monoisotopic (exact) mass is 272 g/mol. The van der Waals surface area contributed by atoms with Crippen LogP contribution in [0.2, 0.25) is 0 Å². The predicted octanol–water partition coefficient (Wildman–Crippen LogP) is 3.04. The van der Waals surface area contributed by atoms with E-state index in [-0.39, 0.29) is 17.2 Å². The molecule has 0 N–H and O–H groups in total. The zero-order valence-electron chi connectivity index (χ0n) is 9.84. The lowest BCUT2D eigenvalue weighted by Gasteiger charge is -2.23. The number of alkyl halides is 1. The number of hydrogen-bond acceptors (Lipinski definition) is 2. The molecule has 1 saturated heterocycles. The Morgan fingerprint density at radius 2 is 1.94 bits per heavy atom. The second kappa shape index (κ2) is 4.99. The number of rotatable bonds is 3. The molecule has 1 fully saturated rings. The Morgan fingerprint density at radius 3 is 2.47 bits per heavy atom. The van der Waals surface area contributed by atoms with E-state index in [4.69, 9.17) is 11.6 Å². The highest BCUT2D eigenvalue weighted by molar-refractivity contribution is 7.91. The van der Waals surface area contributed by atoms with Crippen LogP contribution in [0, 0.1) is 11.8 Å². The van der Waals surface area contributed by atoms with E-state index < -0.39 is 9.84 Å². The van der Waals surface area contributed by atoms with Crippen LogP contribution in [0.25, 0.3) is 0 Å². The highest BCUT2D eigenvalue weighted by Crippen LogP contribution is 2.38. The predicted molar refractivity (Wildman–Crippen MR) is 71.0 cm³/mol. The van der Waals surface area contributed by atoms with Crippen molar-refractivity contribution < 1.29 is 8.42 Å². The Hall–Kier alpha value is -0.540. The van der Waals surface area contributed by atoms with Crippen molar-refractivity contribution in [1.82, 2.24) is 0 Å². The van der Waals surface area contributed by atoms with Gasteiger partial charge in [-0.15, -0.1) is 11.6 Å². The molecule has 0 bridgehead atoms. The molecule has 1 heterocycles. The van der Waals surface area contributed by atoms with Gasteiger partial charge in [-0.1, -0.05) is 37.3 Å². The summed E-state index contributed by atoms with van der Waals surface area (Å²) in [6.45, 7) is 2.05. The van der Waals surface area contributed by atoms with Gasteiger partial charge in [0, 0.05) is 0 Å². The minimum Gasteiger partial charge on any atom is -0.229 e. The van der Waals surface area contributed by atoms with Gasteiger partial charge in [0.15, 0.2) is 9.84 Å². The Balaban J connectivity index is 2.08. The molecule has 0 aliphatic carbocycles. The molecule has 1 aromatic rings. The van der Waals surface area contributed by atoms with E-state index in [0.29, 0.717) is 11.5 Å². The highest BCUT2D eigenvalue weighted by atomic mass is 35.5. The molecule has 0 radical (unpaired) electrons. The summed E-state index contributed by atoms with van der Waals surface area (Å²) in [5.74, 6) is 1.00. The maximum absolute atomic E-state index is 11.5. The molecule has 3 atom stereocenters. The largest absolute Gasteiger partial charge is 0.229 e. The average molecular weight is 273 g/mol. The van der Waals surface area contributed by atoms with Gasteiger partial charge < -0.3 is 0 Å². The summed E-state index contributed by atoms with van der Waals surface area (Å²) in [5, 5.41) is -0.102. The summed E-state index contributed by atoms with van der Waals surface area (Å²) in [7, 11) is -2.81. The first-order valence-electron chi connectivity index (χ1n) is 5.89. The van der Waals surface area contributed by atoms with Gasteiger partial charge in [-0.3, -0.25) is 0 Å². The van der Waals surface area contributed by atoms with Crippen LogP contribution < -0.4 is 0 Å². The fourth-order valence-electron chi connectivity index (χ4n) is 2.42. The Kier molecular flexibility index (Phi) is 3.79. The van der Waals surface area contributed by atoms with E-state index in [1.165, 1.54) is 0 Å². The summed E-state index contributed by atoms with van der Waals surface area (Å²) in [4.78, 5) is 0. The van der Waals surface area contributed by atoms with E-state index >= 15 is 0 Å². The molecule has 17 heavy (non-hydrogen) atoms. The minimum absolute atomic E-state index is 0.102. The highest BCUT2D eigenvalue weighted by Gasteiger charge is 2.34. The lowest BCUT2D eigenvalue weighted by atomic mass is 9.87. The van der Waals surface area contributed by atoms with Crippen molar-refractivity contribution in [3.63, 3.8) is 0 Å². The van der Waals surface area contributed by atoms with Crippen molar-refractivity contribution in [2.75, 3.05) is 11.5 Å². The van der Waals surface area contributed by atoms with Crippen molar-refractivity contribution >= 4 is 21.4 Å². The first-order chi connectivity index (χ1) is 7.99. The summed E-state index contributed by atoms with van der Waals surface area (Å²) in [5.41, 5.74) is 1.07. The molecule has 1 aliphatic rings. The van der Waals surface area contributed by atoms with Gasteiger partial charge in [-0.2, -0.15) is 0 Å². The standard InChI is InChI=1S/C13H17ClO2S/c1-10(12-7-8-17(15,16)9-12)13(14)11-5-3-2-4-6-11/h2-6,10,12-13H,7-9H2,1H3. The van der Waals surface area contributed by atoms with Crippen molar-refractivity contribution in [3.05, 3.63) is 35.9 Å². The number of hydrogen-bond donors (Lipinski definition) is 0. The molecule has 4 heteroatoms. The smallest absolute Gasteiger partial charge is 0.150 e. The first-order valence-corrected chi connectivity index (χ1v) is 8.15. The molecule has 0 aromatic heterocycles. The van der Waals surface area contributed by atoms with Gasteiger partial charge >= 0.3 is 0 Å². The molecule has 1 aromatic carbocycles. The second-order valence-electron chi connectivity index (χ2n) is 4.83. The number of sulfone groups is 1. The van der Waals surface area contributed by atoms with Crippen LogP contribution in [0.3, 0.4) is 0 Å². The molecule has 0 amide bonds. The Morgan fingerprint density at radius 1 is 1.29 bits per heavy atom. The average Bonchev–Trinajstić information content (AvgIpc) is 2.69. The lowest BCUT2D eigenvalue weighted by molar-refractivity contribution is 0.383. The van der Waals surface area contributed by atoms with Gasteiger partial charge in [0.05, 0.1) is 16.9 Å². The van der Waals surface area contributed by atoms with Gasteiger partial charge in [0.1, 0.15) is 0 Å². The lowest BCUT2D eigenvalue weighted by Crippen LogP contribution is -2.17. The van der Waals surface area contributed by atoms with Gasteiger partial charge in [0.2, 0.25) is 0 Å². The van der Waals surface area contributed by atoms with Crippen molar-refractivity contribution in [2.45, 2.75) is 18.7 Å². The zero-order valence-corrected chi connectivity index (χ0v) is 11.4. The van der Waals surface area contributed by atoms with Crippen LogP contribution in [0.1, 0.15) is 24.3 Å². The van der Waals surface area contributed by atoms with Gasteiger partial charge in [-0.25, -0.2) is 8.42 Å². The van der Waals surface area contributed by atoms with E-state index in [9.17, 15) is 8.42 Å². The van der Waals surface area contributed by atoms with E-state index in [1.807, 2.05) is 30.3 Å². The fraction of sp³-hybridized carbons (Fsp3) is 0.538. The molecule has 94 valence electrons. The number of benzene rings is 1. The topological polar surface area (TPSA) is 34.1 Å². The van der Waals surface area contributed by atoms with Crippen LogP contribution in [0.4, 0.5) is 0 Å². The molecule has 0 saturated carbocycles. The van der Waals surface area contributed by atoms with Gasteiger partial charge in [0.25, 0.3) is 0 Å². The molecule has 0 spiro atoms. The summed E-state index contributed by atoms with van der Waals surface area (Å²) in [6, 6.07) is 9.87. The van der Waals surface area contributed by atoms with Crippen molar-refractivity contribution in [1.29, 1.82) is 0 Å². The quantitative estimate of drug-likeness (QED) is 0.793. The van der Waals surface area contributed by atoms with Crippen LogP contribution in [-0.2, 0) is 9.84 Å². The van der Waals surface area contributed by atoms with Crippen LogP contribution in [0.5, 0.6) is 0 Å². The van der Waals surface area contributed by atoms with Crippen LogP contribution in [-0.4, -0.2) is 19.9 Å². The molecular weight excluding hydrogens is 256 g/mol. The Bertz CT molecular complexity index is 469. The van der Waals surface area contributed by atoms with E-state index in [0.717, 1.165) is 12.0 Å². The first kappa shape index (κ1) is 12.9. The van der Waals surface area contributed by atoms with Crippen LogP contribution >= 0.6 is 11.6 Å². The summed E-state index contributed by atoms with van der Waals surface area (Å²) < 4.78 is 22.9. The van der Waals surface area contributed by atoms with E-state index in [1.54, 1.807) is 0 Å². The third-order valence-electron chi connectivity index (χ3n) is 3.59. The normalized spacial score (nSPS) is 26.6. The van der Waals surface area contributed by atoms with Crippen LogP contribution in [0.15, 0.2) is 30.3 Å². The molecule has 1 aliphatic heterocycles. The number of halogens is 1. The van der Waals surface area contributed by atoms with E-state index in [2.05, 4.69) is 6.92 Å². The zero-order chi connectivity index (χ0) is 12.5. The van der Waals surface area contributed by atoms with Crippen molar-refractivity contribution in [2.24, 2.45) is 11.8 Å². The maximum atomic E-state index is 11.5. The van der Waals surface area contributed by atoms with Crippen molar-refractivity contribution in [3.8, 4) is 0 Å². The SMILES string of the molecule is CC(C1CCS(=O)(=O)C1)C(Cl)c1ccccc1. The summed E-state index contributed by atoms with van der Waals surface area (Å²) >= 11 is 6.44. The molecular formula is C13H17ClO2S. The maximum Gasteiger partial charge on any atom is 0.150 e.